The van der Waals surface area contributed by atoms with E-state index in [1.807, 2.05) is 17.0 Å². The number of sulfone groups is 1. The summed E-state index contributed by atoms with van der Waals surface area (Å²) in [5.41, 5.74) is 2.39. The van der Waals surface area contributed by atoms with E-state index in [9.17, 15) is 27.3 Å². The van der Waals surface area contributed by atoms with Crippen LogP contribution in [-0.2, 0) is 14.6 Å². The van der Waals surface area contributed by atoms with Crippen molar-refractivity contribution in [2.75, 3.05) is 23.8 Å². The first-order valence-electron chi connectivity index (χ1n) is 14.6. The molecular weight excluding hydrogens is 618 g/mol. The molecule has 11 nitrogen and oxygen atoms in total. The standard InChI is InChI=1S/C32H32F2N6O5S/c1-2-46(42,43)29-13-5-22(6-14-29)30(15-16-35)38-31(41)23-3-7-24(8-4-23)39-20-28(19-26(39)21-44-32(33)34)45-27-11-9-25(10-12-27)40-36-17-18-37-40/h3-14,17-18,26,28,30,32H,2,15,19-21H2,1H3,(H,38,41)/t26?,28-,30-/m0/s1. The van der Waals surface area contributed by atoms with Crippen LogP contribution in [0.4, 0.5) is 14.5 Å². The predicted molar refractivity (Wildman–Crippen MR) is 165 cm³/mol. The van der Waals surface area contributed by atoms with Gasteiger partial charge in [0.1, 0.15) is 11.9 Å². The molecule has 2 heterocycles. The minimum Gasteiger partial charge on any atom is -0.489 e. The molecule has 240 valence electrons. The summed E-state index contributed by atoms with van der Waals surface area (Å²) in [4.78, 5) is 16.7. The molecule has 5 rings (SSSR count). The molecule has 1 aliphatic heterocycles. The quantitative estimate of drug-likeness (QED) is 0.218. The molecule has 0 saturated carbocycles. The fourth-order valence-corrected chi connectivity index (χ4v) is 6.16. The summed E-state index contributed by atoms with van der Waals surface area (Å²) >= 11 is 0. The summed E-state index contributed by atoms with van der Waals surface area (Å²) in [6.07, 6.45) is 3.26. The number of amides is 1. The van der Waals surface area contributed by atoms with Crippen molar-refractivity contribution in [3.05, 3.63) is 96.3 Å². The van der Waals surface area contributed by atoms with E-state index in [1.165, 1.54) is 16.9 Å². The highest BCUT2D eigenvalue weighted by atomic mass is 32.2. The van der Waals surface area contributed by atoms with E-state index in [4.69, 9.17) is 4.74 Å². The predicted octanol–water partition coefficient (Wildman–Crippen LogP) is 4.71. The maximum atomic E-state index is 13.1. The van der Waals surface area contributed by atoms with Gasteiger partial charge in [0.25, 0.3) is 5.91 Å². The van der Waals surface area contributed by atoms with Crippen molar-refractivity contribution < 1.29 is 31.5 Å². The monoisotopic (exact) mass is 650 g/mol. The van der Waals surface area contributed by atoms with Gasteiger partial charge in [-0.2, -0.15) is 29.0 Å². The van der Waals surface area contributed by atoms with Gasteiger partial charge in [-0.15, -0.1) is 0 Å². The molecular formula is C32H32F2N6O5S. The van der Waals surface area contributed by atoms with Crippen molar-refractivity contribution >= 4 is 21.4 Å². The molecule has 46 heavy (non-hydrogen) atoms. The van der Waals surface area contributed by atoms with Crippen LogP contribution in [0.2, 0.25) is 0 Å². The maximum Gasteiger partial charge on any atom is 0.345 e. The van der Waals surface area contributed by atoms with E-state index in [0.717, 1.165) is 5.69 Å². The van der Waals surface area contributed by atoms with Crippen molar-refractivity contribution in [1.82, 2.24) is 20.3 Å². The van der Waals surface area contributed by atoms with Gasteiger partial charge in [-0.05, 0) is 66.2 Å². The summed E-state index contributed by atoms with van der Waals surface area (Å²) < 4.78 is 61.1. The highest BCUT2D eigenvalue weighted by molar-refractivity contribution is 7.91. The molecule has 1 N–H and O–H groups in total. The van der Waals surface area contributed by atoms with Crippen LogP contribution in [0.3, 0.4) is 0 Å². The second-order valence-corrected chi connectivity index (χ2v) is 12.9. The lowest BCUT2D eigenvalue weighted by atomic mass is 10.0. The van der Waals surface area contributed by atoms with E-state index in [0.29, 0.717) is 35.5 Å². The molecule has 1 fully saturated rings. The molecule has 1 aromatic heterocycles. The highest BCUT2D eigenvalue weighted by Crippen LogP contribution is 2.30. The Morgan fingerprint density at radius 2 is 1.67 bits per heavy atom. The molecule has 4 aromatic rings. The molecule has 1 amide bonds. The SMILES string of the molecule is CCS(=O)(=O)c1ccc([C@H](CC#N)NC(=O)c2ccc(N3C[C@@H](Oc4ccc(-n5nccn5)cc4)CC3COC(F)F)cc2)cc1. The van der Waals surface area contributed by atoms with Crippen LogP contribution < -0.4 is 15.0 Å². The van der Waals surface area contributed by atoms with E-state index in [-0.39, 0.29) is 29.8 Å². The summed E-state index contributed by atoms with van der Waals surface area (Å²) in [6, 6.07) is 21.0. The van der Waals surface area contributed by atoms with Gasteiger partial charge in [0, 0.05) is 17.7 Å². The molecule has 14 heteroatoms. The molecule has 3 aromatic carbocycles. The summed E-state index contributed by atoms with van der Waals surface area (Å²) in [6.45, 7) is -1.16. The molecule has 3 atom stereocenters. The number of nitrogens with one attached hydrogen (secondary N) is 1. The average Bonchev–Trinajstić information content (AvgIpc) is 3.75. The molecule has 0 aliphatic carbocycles. The van der Waals surface area contributed by atoms with Gasteiger partial charge in [0.15, 0.2) is 9.84 Å². The van der Waals surface area contributed by atoms with Gasteiger partial charge < -0.3 is 19.7 Å². The zero-order chi connectivity index (χ0) is 32.7. The first kappa shape index (κ1) is 32.5. The number of hydrogen-bond acceptors (Lipinski definition) is 9. The number of halogens is 2. The zero-order valence-corrected chi connectivity index (χ0v) is 25.7. The number of aromatic nitrogens is 3. The van der Waals surface area contributed by atoms with Crippen LogP contribution in [0.5, 0.6) is 5.75 Å². The lowest BCUT2D eigenvalue weighted by Gasteiger charge is -2.26. The summed E-state index contributed by atoms with van der Waals surface area (Å²) in [5, 5.41) is 20.4. The Morgan fingerprint density at radius 3 is 2.28 bits per heavy atom. The molecule has 1 unspecified atom stereocenters. The first-order valence-corrected chi connectivity index (χ1v) is 16.2. The smallest absolute Gasteiger partial charge is 0.345 e. The van der Waals surface area contributed by atoms with Gasteiger partial charge in [-0.1, -0.05) is 19.1 Å². The Balaban J connectivity index is 1.26. The molecule has 0 spiro atoms. The zero-order valence-electron chi connectivity index (χ0n) is 24.9. The van der Waals surface area contributed by atoms with Crippen LogP contribution in [-0.4, -0.2) is 67.0 Å². The van der Waals surface area contributed by atoms with Crippen molar-refractivity contribution in [1.29, 1.82) is 5.26 Å². The van der Waals surface area contributed by atoms with E-state index in [1.54, 1.807) is 67.8 Å². The van der Waals surface area contributed by atoms with E-state index < -0.39 is 34.4 Å². The van der Waals surface area contributed by atoms with Crippen LogP contribution >= 0.6 is 0 Å². The Labute approximate surface area is 265 Å². The minimum atomic E-state index is -3.39. The largest absolute Gasteiger partial charge is 0.489 e. The molecule has 1 saturated heterocycles. The number of nitriles is 1. The summed E-state index contributed by atoms with van der Waals surface area (Å²) in [7, 11) is -3.39. The van der Waals surface area contributed by atoms with Gasteiger partial charge in [-0.25, -0.2) is 8.42 Å². The Bertz CT molecular complexity index is 1750. The molecule has 0 bridgehead atoms. The van der Waals surface area contributed by atoms with Crippen LogP contribution in [0.25, 0.3) is 5.69 Å². The fraction of sp³-hybridized carbons (Fsp3) is 0.312. The first-order chi connectivity index (χ1) is 22.2. The number of rotatable bonds is 13. The number of anilines is 1. The second kappa shape index (κ2) is 14.5. The number of carbonyl (C=O) groups excluding carboxylic acids is 1. The van der Waals surface area contributed by atoms with Gasteiger partial charge in [-0.3, -0.25) is 4.79 Å². The normalized spacial score (nSPS) is 17.1. The number of hydrogen-bond donors (Lipinski definition) is 1. The number of carbonyl (C=O) groups is 1. The van der Waals surface area contributed by atoms with Crippen molar-refractivity contribution in [3.63, 3.8) is 0 Å². The van der Waals surface area contributed by atoms with E-state index in [2.05, 4.69) is 26.3 Å². The van der Waals surface area contributed by atoms with E-state index >= 15 is 0 Å². The number of alkyl halides is 2. The number of nitrogens with zero attached hydrogens (tertiary/aromatic N) is 5. The molecule has 0 radical (unpaired) electrons. The molecule has 1 aliphatic rings. The van der Waals surface area contributed by atoms with Crippen LogP contribution in [0.15, 0.2) is 90.1 Å². The third-order valence-corrected chi connectivity index (χ3v) is 9.41. The lowest BCUT2D eigenvalue weighted by Crippen LogP contribution is -2.34. The second-order valence-electron chi connectivity index (χ2n) is 10.6. The fourth-order valence-electron chi connectivity index (χ4n) is 5.28. The Kier molecular flexibility index (Phi) is 10.2. The third-order valence-electron chi connectivity index (χ3n) is 7.66. The third kappa shape index (κ3) is 7.85. The average molecular weight is 651 g/mol. The van der Waals surface area contributed by atoms with Crippen molar-refractivity contribution in [2.45, 2.75) is 49.5 Å². The van der Waals surface area contributed by atoms with Gasteiger partial charge in [0.2, 0.25) is 0 Å². The summed E-state index contributed by atoms with van der Waals surface area (Å²) in [5.74, 6) is 0.147. The number of ether oxygens (including phenoxy) is 2. The number of benzene rings is 3. The highest BCUT2D eigenvalue weighted by Gasteiger charge is 2.34. The minimum absolute atomic E-state index is 0.0203. The maximum absolute atomic E-state index is 13.1. The van der Waals surface area contributed by atoms with Gasteiger partial charge in [0.05, 0.1) is 66.5 Å². The van der Waals surface area contributed by atoms with Crippen molar-refractivity contribution in [2.24, 2.45) is 0 Å². The Morgan fingerprint density at radius 1 is 1.02 bits per heavy atom. The van der Waals surface area contributed by atoms with Crippen LogP contribution in [0.1, 0.15) is 41.7 Å². The van der Waals surface area contributed by atoms with Crippen molar-refractivity contribution in [3.8, 4) is 17.5 Å². The van der Waals surface area contributed by atoms with Crippen LogP contribution in [0, 0.1) is 11.3 Å². The topological polar surface area (TPSA) is 139 Å². The Hall–Kier alpha value is -4.87. The lowest BCUT2D eigenvalue weighted by molar-refractivity contribution is -0.131. The van der Waals surface area contributed by atoms with Gasteiger partial charge >= 0.3 is 6.61 Å².